The summed E-state index contributed by atoms with van der Waals surface area (Å²) in [6, 6.07) is 13.2. The zero-order chi connectivity index (χ0) is 14.8. The number of hydrogen-bond donors (Lipinski definition) is 2. The number of ether oxygens (including phenoxy) is 1. The van der Waals surface area contributed by atoms with E-state index < -0.39 is 6.23 Å². The van der Waals surface area contributed by atoms with Crippen LogP contribution in [0, 0.1) is 0 Å². The van der Waals surface area contributed by atoms with E-state index in [9.17, 15) is 5.11 Å². The largest absolute Gasteiger partial charge is 0.503 e. The predicted molar refractivity (Wildman–Crippen MR) is 82.3 cm³/mol. The maximum atomic E-state index is 9.83. The van der Waals surface area contributed by atoms with Gasteiger partial charge in [0.2, 0.25) is 6.23 Å². The highest BCUT2D eigenvalue weighted by atomic mass is 79.9. The molecule has 2 aromatic rings. The standard InChI is InChI=1S/C15H13BrN2O3/c1-20-12-8-10(7-11(16)13(12)19)15-17-14(18-21-15)9-5-3-2-4-6-9/h2-8,15,19H,1H3,(H,17,18)/t15-/m1/s1. The molecule has 3 rings (SSSR count). The van der Waals surface area contributed by atoms with E-state index in [1.54, 1.807) is 12.1 Å². The fourth-order valence-electron chi connectivity index (χ4n) is 2.05. The van der Waals surface area contributed by atoms with Crippen LogP contribution in [0.4, 0.5) is 0 Å². The summed E-state index contributed by atoms with van der Waals surface area (Å²) in [6.45, 7) is 0. The number of benzene rings is 2. The third-order valence-corrected chi connectivity index (χ3v) is 3.72. The van der Waals surface area contributed by atoms with Crippen molar-refractivity contribution in [2.75, 3.05) is 7.11 Å². The number of methoxy groups -OCH3 is 1. The van der Waals surface area contributed by atoms with E-state index in [4.69, 9.17) is 9.57 Å². The van der Waals surface area contributed by atoms with Crippen LogP contribution >= 0.6 is 15.9 Å². The van der Waals surface area contributed by atoms with Gasteiger partial charge in [0.1, 0.15) is 0 Å². The number of aliphatic imine (C=N–C) groups is 1. The number of nitrogens with one attached hydrogen (secondary N) is 1. The molecular weight excluding hydrogens is 336 g/mol. The number of amidine groups is 1. The first-order valence-electron chi connectivity index (χ1n) is 6.30. The zero-order valence-electron chi connectivity index (χ0n) is 11.2. The molecule has 21 heavy (non-hydrogen) atoms. The summed E-state index contributed by atoms with van der Waals surface area (Å²) in [5.41, 5.74) is 4.55. The van der Waals surface area contributed by atoms with Crippen molar-refractivity contribution in [2.45, 2.75) is 6.23 Å². The lowest BCUT2D eigenvalue weighted by Crippen LogP contribution is -2.17. The molecule has 0 unspecified atom stereocenters. The van der Waals surface area contributed by atoms with E-state index in [0.717, 1.165) is 11.1 Å². The van der Waals surface area contributed by atoms with Crippen LogP contribution in [-0.2, 0) is 4.84 Å². The van der Waals surface area contributed by atoms with Gasteiger partial charge in [-0.25, -0.2) is 15.3 Å². The monoisotopic (exact) mass is 348 g/mol. The highest BCUT2D eigenvalue weighted by molar-refractivity contribution is 9.10. The Morgan fingerprint density at radius 2 is 2.05 bits per heavy atom. The fourth-order valence-corrected chi connectivity index (χ4v) is 2.51. The minimum Gasteiger partial charge on any atom is -0.503 e. The predicted octanol–water partition coefficient (Wildman–Crippen LogP) is 3.14. The second kappa shape index (κ2) is 5.75. The Kier molecular flexibility index (Phi) is 3.81. The summed E-state index contributed by atoms with van der Waals surface area (Å²) < 4.78 is 5.66. The van der Waals surface area contributed by atoms with Crippen LogP contribution in [-0.4, -0.2) is 18.1 Å². The molecular formula is C15H13BrN2O3. The molecule has 0 fully saturated rings. The topological polar surface area (TPSA) is 63.1 Å². The van der Waals surface area contributed by atoms with Gasteiger partial charge in [-0.1, -0.05) is 30.3 Å². The number of hydroxylamine groups is 1. The Labute approximate surface area is 130 Å². The van der Waals surface area contributed by atoms with Gasteiger partial charge in [-0.15, -0.1) is 0 Å². The van der Waals surface area contributed by atoms with Crippen LogP contribution in [0.2, 0.25) is 0 Å². The van der Waals surface area contributed by atoms with Crippen LogP contribution in [0.25, 0.3) is 0 Å². The van der Waals surface area contributed by atoms with Crippen LogP contribution in [0.1, 0.15) is 17.4 Å². The summed E-state index contributed by atoms with van der Waals surface area (Å²) in [4.78, 5) is 9.99. The normalized spacial score (nSPS) is 17.2. The molecule has 6 heteroatoms. The first-order chi connectivity index (χ1) is 10.2. The number of phenolic OH excluding ortho intramolecular Hbond substituents is 1. The van der Waals surface area contributed by atoms with E-state index >= 15 is 0 Å². The van der Waals surface area contributed by atoms with Gasteiger partial charge in [-0.2, -0.15) is 0 Å². The molecule has 1 atom stereocenters. The van der Waals surface area contributed by atoms with Crippen LogP contribution < -0.4 is 10.2 Å². The Morgan fingerprint density at radius 3 is 2.76 bits per heavy atom. The maximum Gasteiger partial charge on any atom is 0.202 e. The molecule has 2 aromatic carbocycles. The quantitative estimate of drug-likeness (QED) is 0.894. The molecule has 5 nitrogen and oxygen atoms in total. The smallest absolute Gasteiger partial charge is 0.202 e. The summed E-state index contributed by atoms with van der Waals surface area (Å²) >= 11 is 3.29. The molecule has 0 aliphatic carbocycles. The number of rotatable bonds is 3. The van der Waals surface area contributed by atoms with Gasteiger partial charge in [0.25, 0.3) is 0 Å². The Bertz CT molecular complexity index is 689. The van der Waals surface area contributed by atoms with Crippen LogP contribution in [0.3, 0.4) is 0 Å². The molecule has 0 spiro atoms. The van der Waals surface area contributed by atoms with Crippen molar-refractivity contribution < 1.29 is 14.7 Å². The van der Waals surface area contributed by atoms with Crippen molar-refractivity contribution in [3.05, 3.63) is 58.1 Å². The second-order valence-electron chi connectivity index (χ2n) is 4.47. The zero-order valence-corrected chi connectivity index (χ0v) is 12.8. The van der Waals surface area contributed by atoms with E-state index in [1.165, 1.54) is 7.11 Å². The van der Waals surface area contributed by atoms with Gasteiger partial charge in [-0.3, -0.25) is 0 Å². The SMILES string of the molecule is COc1cc([C@@H]2N=C(c3ccccc3)NO2)cc(Br)c1O. The van der Waals surface area contributed by atoms with Crippen molar-refractivity contribution in [1.29, 1.82) is 0 Å². The van der Waals surface area contributed by atoms with Gasteiger partial charge in [0.05, 0.1) is 11.6 Å². The van der Waals surface area contributed by atoms with Crippen molar-refractivity contribution in [3.63, 3.8) is 0 Å². The molecule has 1 aliphatic heterocycles. The molecule has 0 radical (unpaired) electrons. The third kappa shape index (κ3) is 2.72. The lowest BCUT2D eigenvalue weighted by Gasteiger charge is -2.11. The van der Waals surface area contributed by atoms with Crippen molar-refractivity contribution in [2.24, 2.45) is 4.99 Å². The molecule has 0 saturated heterocycles. The average molecular weight is 349 g/mol. The Balaban J connectivity index is 1.93. The minimum atomic E-state index is -0.494. The van der Waals surface area contributed by atoms with E-state index in [-0.39, 0.29) is 5.75 Å². The van der Waals surface area contributed by atoms with E-state index in [0.29, 0.717) is 16.1 Å². The fraction of sp³-hybridized carbons (Fsp3) is 0.133. The first kappa shape index (κ1) is 13.9. The Morgan fingerprint density at radius 1 is 1.29 bits per heavy atom. The maximum absolute atomic E-state index is 9.83. The Hall–Kier alpha value is -2.05. The van der Waals surface area contributed by atoms with E-state index in [2.05, 4.69) is 26.4 Å². The summed E-state index contributed by atoms with van der Waals surface area (Å²) in [5, 5.41) is 9.83. The van der Waals surface area contributed by atoms with Crippen LogP contribution in [0.15, 0.2) is 51.9 Å². The molecule has 1 aliphatic rings. The molecule has 0 bridgehead atoms. The lowest BCUT2D eigenvalue weighted by molar-refractivity contribution is 0.0375. The molecule has 0 saturated carbocycles. The van der Waals surface area contributed by atoms with Crippen LogP contribution in [0.5, 0.6) is 11.5 Å². The number of halogens is 1. The van der Waals surface area contributed by atoms with Gasteiger partial charge in [-0.05, 0) is 28.1 Å². The molecule has 1 heterocycles. The van der Waals surface area contributed by atoms with Crippen molar-refractivity contribution >= 4 is 21.8 Å². The van der Waals surface area contributed by atoms with Gasteiger partial charge < -0.3 is 9.84 Å². The summed E-state index contributed by atoms with van der Waals surface area (Å²) in [5.74, 6) is 1.09. The highest BCUT2D eigenvalue weighted by Crippen LogP contribution is 2.38. The third-order valence-electron chi connectivity index (χ3n) is 3.12. The molecule has 2 N–H and O–H groups in total. The van der Waals surface area contributed by atoms with E-state index in [1.807, 2.05) is 30.3 Å². The number of aromatic hydroxyl groups is 1. The average Bonchev–Trinajstić information content (AvgIpc) is 3.00. The summed E-state index contributed by atoms with van der Waals surface area (Å²) in [6.07, 6.45) is -0.494. The number of hydrogen-bond acceptors (Lipinski definition) is 5. The highest BCUT2D eigenvalue weighted by Gasteiger charge is 2.23. The lowest BCUT2D eigenvalue weighted by atomic mass is 10.1. The van der Waals surface area contributed by atoms with Gasteiger partial charge in [0, 0.05) is 11.1 Å². The molecule has 108 valence electrons. The van der Waals surface area contributed by atoms with Crippen molar-refractivity contribution in [3.8, 4) is 11.5 Å². The number of phenols is 1. The molecule has 0 aromatic heterocycles. The molecule has 0 amide bonds. The summed E-state index contributed by atoms with van der Waals surface area (Å²) in [7, 11) is 1.50. The van der Waals surface area contributed by atoms with Crippen molar-refractivity contribution in [1.82, 2.24) is 5.48 Å². The van der Waals surface area contributed by atoms with Gasteiger partial charge in [0.15, 0.2) is 17.3 Å². The van der Waals surface area contributed by atoms with Gasteiger partial charge >= 0.3 is 0 Å². The first-order valence-corrected chi connectivity index (χ1v) is 7.09. The minimum absolute atomic E-state index is 0.0551. The second-order valence-corrected chi connectivity index (χ2v) is 5.32. The number of nitrogens with zero attached hydrogens (tertiary/aromatic N) is 1.